The lowest BCUT2D eigenvalue weighted by Gasteiger charge is -2.56. The van der Waals surface area contributed by atoms with E-state index < -0.39 is 11.1 Å². The van der Waals surface area contributed by atoms with E-state index >= 15 is 0 Å². The van der Waals surface area contributed by atoms with Crippen molar-refractivity contribution >= 4 is 5.78 Å². The van der Waals surface area contributed by atoms with E-state index in [1.54, 1.807) is 0 Å². The smallest absolute Gasteiger partial charge is 0.136 e. The van der Waals surface area contributed by atoms with Crippen LogP contribution in [0.5, 0.6) is 0 Å². The summed E-state index contributed by atoms with van der Waals surface area (Å²) in [6, 6.07) is 0. The maximum absolute atomic E-state index is 12.9. The maximum Gasteiger partial charge on any atom is 0.136 e. The third kappa shape index (κ3) is 2.47. The van der Waals surface area contributed by atoms with Gasteiger partial charge in [0.15, 0.2) is 0 Å². The molecule has 1 aliphatic carbocycles. The van der Waals surface area contributed by atoms with Gasteiger partial charge in [-0.3, -0.25) is 4.79 Å². The lowest BCUT2D eigenvalue weighted by Crippen LogP contribution is -2.65. The van der Waals surface area contributed by atoms with E-state index in [-0.39, 0.29) is 5.78 Å². The van der Waals surface area contributed by atoms with Gasteiger partial charge in [-0.2, -0.15) is 0 Å². The SMILES string of the molecule is CC(C)[C@@H]1CC[C@@H](C)[C@]2(CC(=O)CC(C)(C)N2[O])C1. The summed E-state index contributed by atoms with van der Waals surface area (Å²) in [5.41, 5.74) is -0.978. The van der Waals surface area contributed by atoms with Crippen LogP contribution >= 0.6 is 0 Å². The van der Waals surface area contributed by atoms with Crippen LogP contribution in [0.15, 0.2) is 0 Å². The van der Waals surface area contributed by atoms with Gasteiger partial charge in [-0.05, 0) is 50.9 Å². The van der Waals surface area contributed by atoms with E-state index in [4.69, 9.17) is 0 Å². The molecule has 3 heteroatoms. The summed E-state index contributed by atoms with van der Waals surface area (Å²) >= 11 is 0. The largest absolute Gasteiger partial charge is 0.300 e. The van der Waals surface area contributed by atoms with Gasteiger partial charge in [-0.25, -0.2) is 0 Å². The number of ketones is 1. The summed E-state index contributed by atoms with van der Waals surface area (Å²) in [4.78, 5) is 12.2. The van der Waals surface area contributed by atoms with Gasteiger partial charge in [-0.1, -0.05) is 20.8 Å². The minimum atomic E-state index is -0.539. The Balaban J connectivity index is 2.34. The molecule has 1 aliphatic heterocycles. The lowest BCUT2D eigenvalue weighted by atomic mass is 9.61. The molecule has 109 valence electrons. The molecule has 1 saturated heterocycles. The fourth-order valence-corrected chi connectivity index (χ4v) is 4.22. The number of piperidine rings is 1. The molecule has 19 heavy (non-hydrogen) atoms. The Kier molecular flexibility index (Phi) is 3.83. The summed E-state index contributed by atoms with van der Waals surface area (Å²) in [6.07, 6.45) is 4.03. The van der Waals surface area contributed by atoms with Gasteiger partial charge in [0.05, 0.1) is 11.1 Å². The number of rotatable bonds is 1. The molecule has 0 N–H and O–H groups in total. The Hall–Kier alpha value is -0.410. The quantitative estimate of drug-likeness (QED) is 0.727. The minimum absolute atomic E-state index is 0.272. The number of hydrogen-bond donors (Lipinski definition) is 0. The van der Waals surface area contributed by atoms with Crippen molar-refractivity contribution in [3.8, 4) is 0 Å². The molecule has 2 fully saturated rings. The van der Waals surface area contributed by atoms with Gasteiger partial charge < -0.3 is 0 Å². The third-order valence-electron chi connectivity index (χ3n) is 5.53. The number of hydroxylamine groups is 2. The fourth-order valence-electron chi connectivity index (χ4n) is 4.22. The Morgan fingerprint density at radius 2 is 1.84 bits per heavy atom. The molecule has 1 heterocycles. The molecule has 0 unspecified atom stereocenters. The van der Waals surface area contributed by atoms with Crippen LogP contribution in [0.3, 0.4) is 0 Å². The van der Waals surface area contributed by atoms with Gasteiger partial charge in [-0.15, -0.1) is 10.3 Å². The highest BCUT2D eigenvalue weighted by Crippen LogP contribution is 2.50. The van der Waals surface area contributed by atoms with Crippen LogP contribution in [-0.4, -0.2) is 21.9 Å². The van der Waals surface area contributed by atoms with Crippen molar-refractivity contribution in [2.24, 2.45) is 17.8 Å². The van der Waals surface area contributed by atoms with Crippen molar-refractivity contribution < 1.29 is 10.0 Å². The van der Waals surface area contributed by atoms with E-state index in [9.17, 15) is 10.0 Å². The number of carbonyl (C=O) groups excluding carboxylic acids is 1. The molecular weight excluding hydrogens is 238 g/mol. The molecular formula is C16H28NO2. The first kappa shape index (κ1) is 15.0. The van der Waals surface area contributed by atoms with Crippen molar-refractivity contribution in [3.63, 3.8) is 0 Å². The second kappa shape index (κ2) is 4.85. The monoisotopic (exact) mass is 266 g/mol. The maximum atomic E-state index is 12.9. The van der Waals surface area contributed by atoms with Crippen LogP contribution in [-0.2, 0) is 10.0 Å². The second-order valence-corrected chi connectivity index (χ2v) is 7.79. The predicted molar refractivity (Wildman–Crippen MR) is 74.9 cm³/mol. The van der Waals surface area contributed by atoms with Crippen molar-refractivity contribution in [2.45, 2.75) is 77.8 Å². The molecule has 0 aromatic carbocycles. The Morgan fingerprint density at radius 1 is 1.21 bits per heavy atom. The zero-order valence-electron chi connectivity index (χ0n) is 13.0. The highest BCUT2D eigenvalue weighted by Gasteiger charge is 2.56. The van der Waals surface area contributed by atoms with Crippen LogP contribution in [0.4, 0.5) is 0 Å². The number of carbonyl (C=O) groups is 1. The molecule has 1 saturated carbocycles. The summed E-state index contributed by atoms with van der Waals surface area (Å²) in [6.45, 7) is 10.5. The molecule has 3 nitrogen and oxygen atoms in total. The summed E-state index contributed by atoms with van der Waals surface area (Å²) in [5.74, 6) is 1.77. The molecule has 0 aromatic rings. The zero-order chi connectivity index (χ0) is 14.4. The van der Waals surface area contributed by atoms with Gasteiger partial charge in [0, 0.05) is 12.8 Å². The number of Topliss-reactive ketones (excluding diaryl/α,β-unsaturated/α-hetero) is 1. The first-order chi connectivity index (χ1) is 8.69. The van der Waals surface area contributed by atoms with E-state index in [0.29, 0.717) is 30.6 Å². The Bertz CT molecular complexity index is 364. The van der Waals surface area contributed by atoms with Crippen molar-refractivity contribution in [2.75, 3.05) is 0 Å². The van der Waals surface area contributed by atoms with E-state index in [1.165, 1.54) is 11.5 Å². The van der Waals surface area contributed by atoms with E-state index in [0.717, 1.165) is 12.8 Å². The summed E-state index contributed by atoms with van der Waals surface area (Å²) in [7, 11) is 0. The molecule has 1 radical (unpaired) electrons. The van der Waals surface area contributed by atoms with E-state index in [2.05, 4.69) is 20.8 Å². The van der Waals surface area contributed by atoms with Crippen molar-refractivity contribution in [3.05, 3.63) is 0 Å². The highest BCUT2D eigenvalue weighted by molar-refractivity contribution is 5.82. The average Bonchev–Trinajstić information content (AvgIpc) is 2.28. The van der Waals surface area contributed by atoms with E-state index in [1.807, 2.05) is 13.8 Å². The van der Waals surface area contributed by atoms with Crippen molar-refractivity contribution in [1.82, 2.24) is 5.06 Å². The predicted octanol–water partition coefficient (Wildman–Crippen LogP) is 3.61. The molecule has 1 spiro atoms. The number of nitrogens with zero attached hydrogens (tertiary/aromatic N) is 1. The zero-order valence-corrected chi connectivity index (χ0v) is 13.0. The van der Waals surface area contributed by atoms with Crippen molar-refractivity contribution in [1.29, 1.82) is 0 Å². The molecule has 0 aromatic heterocycles. The first-order valence-electron chi connectivity index (χ1n) is 7.68. The lowest BCUT2D eigenvalue weighted by molar-refractivity contribution is -0.310. The minimum Gasteiger partial charge on any atom is -0.300 e. The van der Waals surface area contributed by atoms with Gasteiger partial charge in [0.2, 0.25) is 0 Å². The highest BCUT2D eigenvalue weighted by atomic mass is 16.5. The Morgan fingerprint density at radius 3 is 2.42 bits per heavy atom. The average molecular weight is 266 g/mol. The van der Waals surface area contributed by atoms with Crippen LogP contribution < -0.4 is 0 Å². The normalized spacial score (nSPS) is 40.1. The van der Waals surface area contributed by atoms with Crippen LogP contribution in [0.1, 0.15) is 66.7 Å². The van der Waals surface area contributed by atoms with Gasteiger partial charge >= 0.3 is 0 Å². The summed E-state index contributed by atoms with van der Waals surface area (Å²) in [5, 5.41) is 14.2. The molecule has 2 rings (SSSR count). The molecule has 0 amide bonds. The molecule has 2 aliphatic rings. The topological polar surface area (TPSA) is 40.2 Å². The van der Waals surface area contributed by atoms with Gasteiger partial charge in [0.1, 0.15) is 5.78 Å². The fraction of sp³-hybridized carbons (Fsp3) is 0.938. The number of hydrogen-bond acceptors (Lipinski definition) is 2. The molecule has 0 bridgehead atoms. The standard InChI is InChI=1S/C16H28NO2/c1-11(2)13-7-6-12(3)16(8-13)10-14(18)9-15(4,5)17(16)19/h11-13H,6-10H2,1-5H3/t12-,13-,16-/m1/s1. The second-order valence-electron chi connectivity index (χ2n) is 7.79. The summed E-state index contributed by atoms with van der Waals surface area (Å²) < 4.78 is 0. The molecule has 3 atom stereocenters. The van der Waals surface area contributed by atoms with Gasteiger partial charge in [0.25, 0.3) is 0 Å². The van der Waals surface area contributed by atoms with Crippen LogP contribution in [0.25, 0.3) is 0 Å². The Labute approximate surface area is 117 Å². The van der Waals surface area contributed by atoms with Crippen LogP contribution in [0, 0.1) is 17.8 Å². The first-order valence-corrected chi connectivity index (χ1v) is 7.68. The van der Waals surface area contributed by atoms with Crippen LogP contribution in [0.2, 0.25) is 0 Å². The third-order valence-corrected chi connectivity index (χ3v) is 5.53.